The van der Waals surface area contributed by atoms with E-state index < -0.39 is 10.0 Å². The average molecular weight is 403 g/mol. The quantitative estimate of drug-likeness (QED) is 0.851. The molecule has 6 nitrogen and oxygen atoms in total. The first-order valence-corrected chi connectivity index (χ1v) is 10.7. The zero-order valence-electron chi connectivity index (χ0n) is 16.6. The summed E-state index contributed by atoms with van der Waals surface area (Å²) in [6, 6.07) is 11.9. The molecule has 150 valence electrons. The molecule has 0 unspecified atom stereocenters. The molecule has 1 heterocycles. The van der Waals surface area contributed by atoms with Gasteiger partial charge in [0.25, 0.3) is 5.91 Å². The summed E-state index contributed by atoms with van der Waals surface area (Å²) in [5.41, 5.74) is 3.17. The molecule has 0 aromatic heterocycles. The van der Waals surface area contributed by atoms with Gasteiger partial charge in [-0.3, -0.25) is 4.79 Å². The number of sulfonamides is 1. The van der Waals surface area contributed by atoms with E-state index in [9.17, 15) is 13.2 Å². The van der Waals surface area contributed by atoms with Crippen LogP contribution in [0.4, 0.5) is 5.69 Å². The number of rotatable bonds is 4. The molecule has 1 fully saturated rings. The normalized spacial score (nSPS) is 20.7. The highest BCUT2D eigenvalue weighted by Gasteiger charge is 2.32. The number of hydrogen-bond donors (Lipinski definition) is 1. The molecule has 1 saturated heterocycles. The van der Waals surface area contributed by atoms with Gasteiger partial charge in [0.1, 0.15) is 0 Å². The maximum Gasteiger partial charge on any atom is 0.255 e. The molecule has 1 aliphatic rings. The molecule has 0 spiro atoms. The zero-order chi connectivity index (χ0) is 20.5. The molecule has 2 atom stereocenters. The number of nitrogens with one attached hydrogen (secondary N) is 1. The lowest BCUT2D eigenvalue weighted by Gasteiger charge is -2.34. The number of amides is 1. The van der Waals surface area contributed by atoms with Crippen molar-refractivity contribution in [3.8, 4) is 0 Å². The van der Waals surface area contributed by atoms with Crippen molar-refractivity contribution in [3.63, 3.8) is 0 Å². The number of nitrogens with zero attached hydrogens (tertiary/aromatic N) is 1. The van der Waals surface area contributed by atoms with E-state index in [-0.39, 0.29) is 23.0 Å². The van der Waals surface area contributed by atoms with Crippen LogP contribution in [-0.4, -0.2) is 43.9 Å². The number of aryl methyl sites for hydroxylation is 2. The minimum atomic E-state index is -3.62. The summed E-state index contributed by atoms with van der Waals surface area (Å²) in [5.74, 6) is -0.272. The fraction of sp³-hybridized carbons (Fsp3) is 0.381. The van der Waals surface area contributed by atoms with Crippen LogP contribution in [0, 0.1) is 13.8 Å². The Morgan fingerprint density at radius 2 is 1.64 bits per heavy atom. The number of ether oxygens (including phenoxy) is 1. The van der Waals surface area contributed by atoms with E-state index in [0.29, 0.717) is 18.7 Å². The van der Waals surface area contributed by atoms with E-state index in [1.165, 1.54) is 16.4 Å². The van der Waals surface area contributed by atoms with Crippen LogP contribution < -0.4 is 5.32 Å². The third kappa shape index (κ3) is 4.43. The maximum absolute atomic E-state index is 12.9. The summed E-state index contributed by atoms with van der Waals surface area (Å²) in [6.07, 6.45) is -0.303. The van der Waals surface area contributed by atoms with E-state index >= 15 is 0 Å². The number of carbonyl (C=O) groups is 1. The molecule has 1 amide bonds. The first-order valence-electron chi connectivity index (χ1n) is 9.31. The number of benzene rings is 2. The molecule has 0 saturated carbocycles. The fourth-order valence-electron chi connectivity index (χ4n) is 3.32. The smallest absolute Gasteiger partial charge is 0.255 e. The number of hydrogen-bond acceptors (Lipinski definition) is 4. The van der Waals surface area contributed by atoms with E-state index in [1.54, 1.807) is 12.1 Å². The summed E-state index contributed by atoms with van der Waals surface area (Å²) in [6.45, 7) is 8.25. The summed E-state index contributed by atoms with van der Waals surface area (Å²) in [5, 5.41) is 2.89. The van der Waals surface area contributed by atoms with Crippen molar-refractivity contribution in [2.45, 2.75) is 44.8 Å². The summed E-state index contributed by atoms with van der Waals surface area (Å²) in [4.78, 5) is 12.7. The molecule has 28 heavy (non-hydrogen) atoms. The summed E-state index contributed by atoms with van der Waals surface area (Å²) >= 11 is 0. The summed E-state index contributed by atoms with van der Waals surface area (Å²) in [7, 11) is -3.62. The van der Waals surface area contributed by atoms with Gasteiger partial charge < -0.3 is 10.1 Å². The van der Waals surface area contributed by atoms with Crippen molar-refractivity contribution in [2.24, 2.45) is 0 Å². The van der Waals surface area contributed by atoms with Gasteiger partial charge in [-0.1, -0.05) is 12.1 Å². The fourth-order valence-corrected chi connectivity index (χ4v) is 4.91. The predicted octanol–water partition coefficient (Wildman–Crippen LogP) is 3.35. The van der Waals surface area contributed by atoms with Gasteiger partial charge in [0.05, 0.1) is 17.1 Å². The Balaban J connectivity index is 1.77. The van der Waals surface area contributed by atoms with E-state index in [1.807, 2.05) is 45.9 Å². The lowest BCUT2D eigenvalue weighted by atomic mass is 10.1. The van der Waals surface area contributed by atoms with Crippen LogP contribution in [0.25, 0.3) is 0 Å². The third-order valence-corrected chi connectivity index (χ3v) is 6.63. The molecular formula is C21H26N2O4S. The maximum atomic E-state index is 12.9. The van der Waals surface area contributed by atoms with Crippen molar-refractivity contribution in [2.75, 3.05) is 18.4 Å². The Morgan fingerprint density at radius 1 is 1.04 bits per heavy atom. The van der Waals surface area contributed by atoms with Crippen molar-refractivity contribution >= 4 is 21.6 Å². The Bertz CT molecular complexity index is 960. The minimum absolute atomic E-state index is 0.152. The predicted molar refractivity (Wildman–Crippen MR) is 109 cm³/mol. The highest BCUT2D eigenvalue weighted by atomic mass is 32.2. The molecule has 0 bridgehead atoms. The molecule has 1 N–H and O–H groups in total. The van der Waals surface area contributed by atoms with E-state index in [2.05, 4.69) is 5.32 Å². The third-order valence-electron chi connectivity index (χ3n) is 4.78. The minimum Gasteiger partial charge on any atom is -0.373 e. The van der Waals surface area contributed by atoms with Gasteiger partial charge >= 0.3 is 0 Å². The molecule has 2 aromatic rings. The van der Waals surface area contributed by atoms with Gasteiger partial charge in [-0.05, 0) is 69.2 Å². The van der Waals surface area contributed by atoms with Gasteiger partial charge in [0.2, 0.25) is 10.0 Å². The topological polar surface area (TPSA) is 75.7 Å². The van der Waals surface area contributed by atoms with Crippen LogP contribution in [-0.2, 0) is 14.8 Å². The average Bonchev–Trinajstić information content (AvgIpc) is 2.64. The van der Waals surface area contributed by atoms with Gasteiger partial charge in [-0.15, -0.1) is 0 Å². The molecule has 2 aromatic carbocycles. The molecule has 3 rings (SSSR count). The summed E-state index contributed by atoms with van der Waals surface area (Å²) < 4.78 is 32.9. The number of anilines is 1. The number of morpholine rings is 1. The highest BCUT2D eigenvalue weighted by molar-refractivity contribution is 7.89. The van der Waals surface area contributed by atoms with Gasteiger partial charge in [-0.25, -0.2) is 8.42 Å². The number of carbonyl (C=O) groups excluding carboxylic acids is 1. The lowest BCUT2D eigenvalue weighted by molar-refractivity contribution is -0.0440. The van der Waals surface area contributed by atoms with Crippen LogP contribution in [0.1, 0.15) is 35.3 Å². The van der Waals surface area contributed by atoms with Gasteiger partial charge in [-0.2, -0.15) is 4.31 Å². The zero-order valence-corrected chi connectivity index (χ0v) is 17.4. The molecule has 0 radical (unpaired) electrons. The van der Waals surface area contributed by atoms with Crippen LogP contribution >= 0.6 is 0 Å². The van der Waals surface area contributed by atoms with Crippen molar-refractivity contribution < 1.29 is 17.9 Å². The van der Waals surface area contributed by atoms with Crippen LogP contribution in [0.5, 0.6) is 0 Å². The van der Waals surface area contributed by atoms with Crippen molar-refractivity contribution in [1.29, 1.82) is 0 Å². The Labute approximate surface area is 166 Å². The van der Waals surface area contributed by atoms with E-state index in [4.69, 9.17) is 4.74 Å². The lowest BCUT2D eigenvalue weighted by Crippen LogP contribution is -2.48. The molecule has 0 aliphatic carbocycles. The second-order valence-corrected chi connectivity index (χ2v) is 9.31. The first-order chi connectivity index (χ1) is 13.2. The first kappa shape index (κ1) is 20.5. The Hall–Kier alpha value is -2.22. The second-order valence-electron chi connectivity index (χ2n) is 7.38. The Morgan fingerprint density at radius 3 is 2.25 bits per heavy atom. The monoisotopic (exact) mass is 402 g/mol. The molecular weight excluding hydrogens is 376 g/mol. The second kappa shape index (κ2) is 8.03. The Kier molecular flexibility index (Phi) is 5.88. The largest absolute Gasteiger partial charge is 0.373 e. The van der Waals surface area contributed by atoms with Gasteiger partial charge in [0.15, 0.2) is 0 Å². The SMILES string of the molecule is Cc1ccc(C)c(NC(=O)c2ccc(S(=O)(=O)N3C[C@H](C)O[C@@H](C)C3)cc2)c1. The van der Waals surface area contributed by atoms with Crippen LogP contribution in [0.2, 0.25) is 0 Å². The standard InChI is InChI=1S/C21H26N2O4S/c1-14-5-6-15(2)20(11-14)22-21(24)18-7-9-19(10-8-18)28(25,26)23-12-16(3)27-17(4)13-23/h5-11,16-17H,12-13H2,1-4H3,(H,22,24)/t16-,17-/m0/s1. The van der Waals surface area contributed by atoms with Crippen LogP contribution in [0.3, 0.4) is 0 Å². The van der Waals surface area contributed by atoms with Gasteiger partial charge in [0, 0.05) is 24.3 Å². The van der Waals surface area contributed by atoms with Crippen molar-refractivity contribution in [1.82, 2.24) is 4.31 Å². The molecule has 7 heteroatoms. The van der Waals surface area contributed by atoms with Crippen LogP contribution in [0.15, 0.2) is 47.4 Å². The molecule has 1 aliphatic heterocycles. The van der Waals surface area contributed by atoms with Crippen molar-refractivity contribution in [3.05, 3.63) is 59.2 Å². The van der Waals surface area contributed by atoms with E-state index in [0.717, 1.165) is 16.8 Å². The highest BCUT2D eigenvalue weighted by Crippen LogP contribution is 2.22.